The highest BCUT2D eigenvalue weighted by molar-refractivity contribution is 7.92. The number of nitrogens with one attached hydrogen (secondary N) is 1. The van der Waals surface area contributed by atoms with Gasteiger partial charge in [0.05, 0.1) is 0 Å². The molecule has 0 aliphatic carbocycles. The Balaban J connectivity index is 1.95. The van der Waals surface area contributed by atoms with Crippen molar-refractivity contribution in [3.05, 3.63) is 64.2 Å². The summed E-state index contributed by atoms with van der Waals surface area (Å²) in [4.78, 5) is 3.65. The van der Waals surface area contributed by atoms with Crippen LogP contribution in [0.3, 0.4) is 0 Å². The van der Waals surface area contributed by atoms with Crippen LogP contribution < -0.4 is 9.46 Å². The number of halogens is 4. The Morgan fingerprint density at radius 2 is 1.88 bits per heavy atom. The number of hydrogen-bond donors (Lipinski definition) is 1. The van der Waals surface area contributed by atoms with Gasteiger partial charge in [0, 0.05) is 29.2 Å². The fourth-order valence-electron chi connectivity index (χ4n) is 1.77. The zero-order chi connectivity index (χ0) is 19.2. The third kappa shape index (κ3) is 7.42. The van der Waals surface area contributed by atoms with Gasteiger partial charge in [0.2, 0.25) is 15.9 Å². The van der Waals surface area contributed by atoms with Gasteiger partial charge in [0.25, 0.3) is 0 Å². The molecule has 0 atom stereocenters. The maximum atomic E-state index is 12.1. The molecule has 140 valence electrons. The summed E-state index contributed by atoms with van der Waals surface area (Å²) in [5.41, 5.74) is 1.05. The molecule has 1 heterocycles. The molecule has 0 aliphatic heterocycles. The lowest BCUT2D eigenvalue weighted by Gasteiger charge is -2.09. The Hall–Kier alpha value is -2.10. The van der Waals surface area contributed by atoms with E-state index >= 15 is 0 Å². The minimum Gasteiger partial charge on any atom is -0.468 e. The standard InChI is InChI=1S/C16H14ClF3N2O3S/c17-14-3-1-12(2-4-14)6-8-26(23,24)22-10-13-5-7-21-15(9-13)25-11-16(18,19)20/h1-9,22H,10-11H2/b8-6+. The number of sulfonamides is 1. The van der Waals surface area contributed by atoms with Gasteiger partial charge in [-0.3, -0.25) is 0 Å². The van der Waals surface area contributed by atoms with E-state index in [1.165, 1.54) is 24.4 Å². The van der Waals surface area contributed by atoms with Crippen LogP contribution in [0.25, 0.3) is 6.08 Å². The van der Waals surface area contributed by atoms with E-state index in [-0.39, 0.29) is 12.4 Å². The van der Waals surface area contributed by atoms with Gasteiger partial charge in [-0.15, -0.1) is 0 Å². The first kappa shape index (κ1) is 20.2. The quantitative estimate of drug-likeness (QED) is 0.760. The van der Waals surface area contributed by atoms with Gasteiger partial charge < -0.3 is 4.74 Å². The molecule has 10 heteroatoms. The van der Waals surface area contributed by atoms with Crippen molar-refractivity contribution in [3.63, 3.8) is 0 Å². The maximum Gasteiger partial charge on any atom is 0.422 e. The molecule has 0 bridgehead atoms. The summed E-state index contributed by atoms with van der Waals surface area (Å²) in [7, 11) is -3.74. The monoisotopic (exact) mass is 406 g/mol. The second-order valence-corrected chi connectivity index (χ2v) is 7.21. The maximum absolute atomic E-state index is 12.1. The first-order chi connectivity index (χ1) is 12.1. The number of ether oxygens (including phenoxy) is 1. The summed E-state index contributed by atoms with van der Waals surface area (Å²) in [5, 5.41) is 1.52. The fourth-order valence-corrected chi connectivity index (χ4v) is 2.70. The summed E-state index contributed by atoms with van der Waals surface area (Å²) >= 11 is 5.75. The predicted octanol–water partition coefficient (Wildman–Crippen LogP) is 3.77. The molecule has 1 aromatic carbocycles. The average molecular weight is 407 g/mol. The molecule has 2 aromatic rings. The van der Waals surface area contributed by atoms with Gasteiger partial charge >= 0.3 is 6.18 Å². The van der Waals surface area contributed by atoms with E-state index in [1.807, 2.05) is 0 Å². The molecular formula is C16H14ClF3N2O3S. The smallest absolute Gasteiger partial charge is 0.422 e. The summed E-state index contributed by atoms with van der Waals surface area (Å²) < 4.78 is 67.2. The largest absolute Gasteiger partial charge is 0.468 e. The number of aromatic nitrogens is 1. The number of hydrogen-bond acceptors (Lipinski definition) is 4. The average Bonchev–Trinajstić information content (AvgIpc) is 2.58. The van der Waals surface area contributed by atoms with Crippen LogP contribution in [-0.4, -0.2) is 26.2 Å². The zero-order valence-corrected chi connectivity index (χ0v) is 14.8. The van der Waals surface area contributed by atoms with Crippen molar-refractivity contribution >= 4 is 27.7 Å². The molecule has 0 aliphatic rings. The van der Waals surface area contributed by atoms with Gasteiger partial charge in [0.15, 0.2) is 6.61 Å². The van der Waals surface area contributed by atoms with Crippen LogP contribution in [0.5, 0.6) is 5.88 Å². The first-order valence-electron chi connectivity index (χ1n) is 7.21. The van der Waals surface area contributed by atoms with Crippen molar-refractivity contribution in [2.45, 2.75) is 12.7 Å². The number of benzene rings is 1. The minimum atomic E-state index is -4.48. The van der Waals surface area contributed by atoms with Crippen molar-refractivity contribution in [2.24, 2.45) is 0 Å². The molecule has 26 heavy (non-hydrogen) atoms. The highest BCUT2D eigenvalue weighted by Gasteiger charge is 2.28. The Kier molecular flexibility index (Phi) is 6.63. The van der Waals surface area contributed by atoms with Crippen molar-refractivity contribution < 1.29 is 26.3 Å². The first-order valence-corrected chi connectivity index (χ1v) is 9.13. The summed E-state index contributed by atoms with van der Waals surface area (Å²) in [6.07, 6.45) is -1.85. The van der Waals surface area contributed by atoms with E-state index in [2.05, 4.69) is 14.4 Å². The highest BCUT2D eigenvalue weighted by Crippen LogP contribution is 2.17. The molecular weight excluding hydrogens is 393 g/mol. The zero-order valence-electron chi connectivity index (χ0n) is 13.2. The molecule has 0 fully saturated rings. The van der Waals surface area contributed by atoms with Gasteiger partial charge in [-0.2, -0.15) is 13.2 Å². The van der Waals surface area contributed by atoms with E-state index in [0.717, 1.165) is 5.41 Å². The Bertz CT molecular complexity index is 869. The van der Waals surface area contributed by atoms with Crippen molar-refractivity contribution in [2.75, 3.05) is 6.61 Å². The van der Waals surface area contributed by atoms with Gasteiger partial charge in [-0.25, -0.2) is 18.1 Å². The predicted molar refractivity (Wildman–Crippen MR) is 92.0 cm³/mol. The van der Waals surface area contributed by atoms with E-state index in [9.17, 15) is 21.6 Å². The van der Waals surface area contributed by atoms with E-state index in [1.54, 1.807) is 24.3 Å². The molecule has 1 aromatic heterocycles. The summed E-state index contributed by atoms with van der Waals surface area (Å²) in [5.74, 6) is -0.240. The SMILES string of the molecule is O=S(=O)(/C=C/c1ccc(Cl)cc1)NCc1ccnc(OCC(F)(F)F)c1. The lowest BCUT2D eigenvalue weighted by molar-refractivity contribution is -0.154. The summed E-state index contributed by atoms with van der Waals surface area (Å²) in [6.45, 7) is -1.60. The van der Waals surface area contributed by atoms with Crippen LogP contribution in [-0.2, 0) is 16.6 Å². The topological polar surface area (TPSA) is 68.3 Å². The molecule has 1 N–H and O–H groups in total. The van der Waals surface area contributed by atoms with Gasteiger partial charge in [-0.1, -0.05) is 23.7 Å². The van der Waals surface area contributed by atoms with E-state index in [4.69, 9.17) is 11.6 Å². The minimum absolute atomic E-state index is 0.127. The van der Waals surface area contributed by atoms with Crippen LogP contribution in [0, 0.1) is 0 Å². The van der Waals surface area contributed by atoms with Crippen molar-refractivity contribution in [1.29, 1.82) is 0 Å². The number of alkyl halides is 3. The summed E-state index contributed by atoms with van der Waals surface area (Å²) in [6, 6.07) is 9.26. The Morgan fingerprint density at radius 1 is 1.19 bits per heavy atom. The number of nitrogens with zero attached hydrogens (tertiary/aromatic N) is 1. The van der Waals surface area contributed by atoms with Crippen LogP contribution in [0.15, 0.2) is 48.0 Å². The second-order valence-electron chi connectivity index (χ2n) is 5.13. The van der Waals surface area contributed by atoms with Crippen LogP contribution >= 0.6 is 11.6 Å². The number of rotatable bonds is 7. The lowest BCUT2D eigenvalue weighted by Crippen LogP contribution is -2.21. The highest BCUT2D eigenvalue weighted by atomic mass is 35.5. The normalized spacial score (nSPS) is 12.5. The fraction of sp³-hybridized carbons (Fsp3) is 0.188. The molecule has 0 saturated heterocycles. The molecule has 0 radical (unpaired) electrons. The Morgan fingerprint density at radius 3 is 2.54 bits per heavy atom. The molecule has 2 rings (SSSR count). The lowest BCUT2D eigenvalue weighted by atomic mass is 10.2. The molecule has 0 unspecified atom stereocenters. The van der Waals surface area contributed by atoms with Crippen LogP contribution in [0.1, 0.15) is 11.1 Å². The van der Waals surface area contributed by atoms with Crippen molar-refractivity contribution in [3.8, 4) is 5.88 Å². The second kappa shape index (κ2) is 8.52. The molecule has 0 saturated carbocycles. The van der Waals surface area contributed by atoms with E-state index < -0.39 is 22.8 Å². The van der Waals surface area contributed by atoms with Crippen LogP contribution in [0.4, 0.5) is 13.2 Å². The third-order valence-corrected chi connectivity index (χ3v) is 4.26. The number of pyridine rings is 1. The molecule has 0 spiro atoms. The molecule has 5 nitrogen and oxygen atoms in total. The van der Waals surface area contributed by atoms with Gasteiger partial charge in [-0.05, 0) is 35.4 Å². The third-order valence-electron chi connectivity index (χ3n) is 2.97. The van der Waals surface area contributed by atoms with E-state index in [0.29, 0.717) is 16.1 Å². The Labute approximate surface area is 153 Å². The van der Waals surface area contributed by atoms with Gasteiger partial charge in [0.1, 0.15) is 0 Å². The van der Waals surface area contributed by atoms with Crippen LogP contribution in [0.2, 0.25) is 5.02 Å². The molecule has 0 amide bonds. The van der Waals surface area contributed by atoms with Crippen molar-refractivity contribution in [1.82, 2.24) is 9.71 Å².